The van der Waals surface area contributed by atoms with Crippen molar-refractivity contribution in [2.24, 2.45) is 0 Å². The van der Waals surface area contributed by atoms with E-state index in [9.17, 15) is 14.0 Å². The van der Waals surface area contributed by atoms with Gasteiger partial charge in [-0.3, -0.25) is 9.78 Å². The van der Waals surface area contributed by atoms with Gasteiger partial charge in [-0.2, -0.15) is 0 Å². The first kappa shape index (κ1) is 21.4. The van der Waals surface area contributed by atoms with Gasteiger partial charge in [0, 0.05) is 17.2 Å². The summed E-state index contributed by atoms with van der Waals surface area (Å²) in [4.78, 5) is 28.0. The number of amides is 2. The minimum atomic E-state index is -0.544. The zero-order chi connectivity index (χ0) is 21.3. The maximum Gasteiger partial charge on any atom is 0.407 e. The molecule has 2 N–H and O–H groups in total. The van der Waals surface area contributed by atoms with Crippen LogP contribution in [0, 0.1) is 5.82 Å². The van der Waals surface area contributed by atoms with E-state index in [1.807, 2.05) is 12.1 Å². The number of halogens is 2. The first-order valence-corrected chi connectivity index (χ1v) is 9.96. The summed E-state index contributed by atoms with van der Waals surface area (Å²) in [5.74, 6) is -0.633. The molecule has 1 aromatic heterocycles. The van der Waals surface area contributed by atoms with Crippen LogP contribution in [-0.2, 0) is 17.8 Å². The number of nitrogens with one attached hydrogen (secondary N) is 2. The minimum Gasteiger partial charge on any atom is -0.445 e. The van der Waals surface area contributed by atoms with Gasteiger partial charge in [0.2, 0.25) is 0 Å². The highest BCUT2D eigenvalue weighted by atomic mass is 79.9. The zero-order valence-corrected chi connectivity index (χ0v) is 17.5. The van der Waals surface area contributed by atoms with Gasteiger partial charge in [-0.25, -0.2) is 9.18 Å². The van der Waals surface area contributed by atoms with E-state index in [2.05, 4.69) is 31.5 Å². The van der Waals surface area contributed by atoms with Crippen molar-refractivity contribution in [3.8, 4) is 0 Å². The lowest BCUT2D eigenvalue weighted by atomic mass is 10.1. The molecule has 0 radical (unpaired) electrons. The fraction of sp³-hybridized carbons (Fsp3) is 0.136. The van der Waals surface area contributed by atoms with E-state index in [0.29, 0.717) is 29.9 Å². The van der Waals surface area contributed by atoms with Gasteiger partial charge in [0.25, 0.3) is 5.91 Å². The fourth-order valence-electron chi connectivity index (χ4n) is 2.59. The van der Waals surface area contributed by atoms with Crippen molar-refractivity contribution in [3.05, 3.63) is 94.0 Å². The number of hydrogen-bond acceptors (Lipinski definition) is 4. The van der Waals surface area contributed by atoms with Crippen molar-refractivity contribution >= 4 is 33.6 Å². The second kappa shape index (κ2) is 10.5. The Labute approximate surface area is 181 Å². The molecule has 0 aliphatic heterocycles. The Morgan fingerprint density at radius 1 is 1.03 bits per heavy atom. The summed E-state index contributed by atoms with van der Waals surface area (Å²) in [7, 11) is 0. The monoisotopic (exact) mass is 471 g/mol. The number of ether oxygens (including phenoxy) is 1. The topological polar surface area (TPSA) is 80.3 Å². The third-order valence-corrected chi connectivity index (χ3v) is 4.80. The Morgan fingerprint density at radius 3 is 2.50 bits per heavy atom. The van der Waals surface area contributed by atoms with Gasteiger partial charge in [-0.1, -0.05) is 24.3 Å². The lowest BCUT2D eigenvalue weighted by Gasteiger charge is -2.10. The summed E-state index contributed by atoms with van der Waals surface area (Å²) < 4.78 is 18.7. The SMILES string of the molecule is O=C(NCCc1ccc(NC(=O)c2ccccn2)c(Br)c1)OCc1ccc(F)cc1. The molecule has 2 amide bonds. The van der Waals surface area contributed by atoms with Crippen LogP contribution >= 0.6 is 15.9 Å². The molecule has 3 rings (SSSR count). The lowest BCUT2D eigenvalue weighted by Crippen LogP contribution is -2.26. The van der Waals surface area contributed by atoms with E-state index < -0.39 is 6.09 Å². The highest BCUT2D eigenvalue weighted by Gasteiger charge is 2.10. The molecule has 0 fully saturated rings. The molecular formula is C22H19BrFN3O3. The van der Waals surface area contributed by atoms with E-state index in [4.69, 9.17) is 4.74 Å². The number of alkyl carbamates (subject to hydrolysis) is 1. The molecule has 0 saturated heterocycles. The van der Waals surface area contributed by atoms with Crippen molar-refractivity contribution in [2.75, 3.05) is 11.9 Å². The van der Waals surface area contributed by atoms with Crippen molar-refractivity contribution < 1.29 is 18.7 Å². The molecule has 0 unspecified atom stereocenters. The van der Waals surface area contributed by atoms with Crippen LogP contribution in [0.15, 0.2) is 71.3 Å². The highest BCUT2D eigenvalue weighted by molar-refractivity contribution is 9.10. The smallest absolute Gasteiger partial charge is 0.407 e. The summed E-state index contributed by atoms with van der Waals surface area (Å²) in [6.45, 7) is 0.455. The van der Waals surface area contributed by atoms with E-state index >= 15 is 0 Å². The maximum absolute atomic E-state index is 12.9. The zero-order valence-electron chi connectivity index (χ0n) is 15.9. The molecule has 30 heavy (non-hydrogen) atoms. The number of aromatic nitrogens is 1. The number of rotatable bonds is 7. The largest absolute Gasteiger partial charge is 0.445 e. The van der Waals surface area contributed by atoms with Crippen LogP contribution in [0.1, 0.15) is 21.6 Å². The number of benzene rings is 2. The second-order valence-corrected chi connectivity index (χ2v) is 7.22. The fourth-order valence-corrected chi connectivity index (χ4v) is 3.11. The molecule has 1 heterocycles. The average Bonchev–Trinajstić information content (AvgIpc) is 2.76. The van der Waals surface area contributed by atoms with Gasteiger partial charge < -0.3 is 15.4 Å². The predicted octanol–water partition coefficient (Wildman–Crippen LogP) is 4.70. The van der Waals surface area contributed by atoms with E-state index in [-0.39, 0.29) is 18.3 Å². The van der Waals surface area contributed by atoms with Crippen LogP contribution < -0.4 is 10.6 Å². The summed E-state index contributed by atoms with van der Waals surface area (Å²) in [5, 5.41) is 5.47. The van der Waals surface area contributed by atoms with Gasteiger partial charge in [0.05, 0.1) is 5.69 Å². The quantitative estimate of drug-likeness (QED) is 0.523. The second-order valence-electron chi connectivity index (χ2n) is 6.36. The van der Waals surface area contributed by atoms with Crippen LogP contribution in [0.3, 0.4) is 0 Å². The molecule has 0 aliphatic carbocycles. The van der Waals surface area contributed by atoms with Crippen LogP contribution in [0.2, 0.25) is 0 Å². The summed E-state index contributed by atoms with van der Waals surface area (Å²) >= 11 is 3.45. The Morgan fingerprint density at radius 2 is 1.80 bits per heavy atom. The first-order valence-electron chi connectivity index (χ1n) is 9.17. The predicted molar refractivity (Wildman–Crippen MR) is 115 cm³/mol. The molecular weight excluding hydrogens is 453 g/mol. The van der Waals surface area contributed by atoms with Gasteiger partial charge in [-0.05, 0) is 69.9 Å². The molecule has 154 valence electrons. The molecule has 0 atom stereocenters. The van der Waals surface area contributed by atoms with Gasteiger partial charge in [0.1, 0.15) is 18.1 Å². The summed E-state index contributed by atoms with van der Waals surface area (Å²) in [6.07, 6.45) is 1.60. The molecule has 2 aromatic carbocycles. The summed E-state index contributed by atoms with van der Waals surface area (Å²) in [6, 6.07) is 16.4. The van der Waals surface area contributed by atoms with E-state index in [0.717, 1.165) is 10.0 Å². The normalized spacial score (nSPS) is 10.3. The van der Waals surface area contributed by atoms with Crippen molar-refractivity contribution in [1.29, 1.82) is 0 Å². The molecule has 0 bridgehead atoms. The van der Waals surface area contributed by atoms with Gasteiger partial charge >= 0.3 is 6.09 Å². The van der Waals surface area contributed by atoms with Crippen molar-refractivity contribution in [3.63, 3.8) is 0 Å². The third-order valence-electron chi connectivity index (χ3n) is 4.15. The standard InChI is InChI=1S/C22H19BrFN3O3/c23-18-13-15(6-9-19(18)27-21(28)20-3-1-2-11-25-20)10-12-26-22(29)30-14-16-4-7-17(24)8-5-16/h1-9,11,13H,10,12,14H2,(H,26,29)(H,27,28). The third kappa shape index (κ3) is 6.38. The molecule has 3 aromatic rings. The Bertz CT molecular complexity index is 1010. The Balaban J connectivity index is 1.44. The molecule has 8 heteroatoms. The molecule has 0 aliphatic rings. The number of hydrogen-bond donors (Lipinski definition) is 2. The van der Waals surface area contributed by atoms with Crippen LogP contribution in [0.5, 0.6) is 0 Å². The van der Waals surface area contributed by atoms with E-state index in [1.54, 1.807) is 42.6 Å². The van der Waals surface area contributed by atoms with Crippen LogP contribution in [-0.4, -0.2) is 23.5 Å². The van der Waals surface area contributed by atoms with Crippen LogP contribution in [0.4, 0.5) is 14.9 Å². The molecule has 0 spiro atoms. The number of pyridine rings is 1. The van der Waals surface area contributed by atoms with Gasteiger partial charge in [0.15, 0.2) is 0 Å². The van der Waals surface area contributed by atoms with E-state index in [1.165, 1.54) is 12.1 Å². The van der Waals surface area contributed by atoms with Gasteiger partial charge in [-0.15, -0.1) is 0 Å². The van der Waals surface area contributed by atoms with Crippen molar-refractivity contribution in [1.82, 2.24) is 10.3 Å². The average molecular weight is 472 g/mol. The first-order chi connectivity index (χ1) is 14.5. The van der Waals surface area contributed by atoms with Crippen LogP contribution in [0.25, 0.3) is 0 Å². The Hall–Kier alpha value is -3.26. The molecule has 6 nitrogen and oxygen atoms in total. The number of carbonyl (C=O) groups excluding carboxylic acids is 2. The van der Waals surface area contributed by atoms with Crippen molar-refractivity contribution in [2.45, 2.75) is 13.0 Å². The minimum absolute atomic E-state index is 0.0718. The lowest BCUT2D eigenvalue weighted by molar-refractivity contribution is 0.102. The number of anilines is 1. The highest BCUT2D eigenvalue weighted by Crippen LogP contribution is 2.24. The molecule has 0 saturated carbocycles. The number of carbonyl (C=O) groups is 2. The summed E-state index contributed by atoms with van der Waals surface area (Å²) in [5.41, 5.74) is 2.63. The maximum atomic E-state index is 12.9. The Kier molecular flexibility index (Phi) is 7.51. The number of nitrogens with zero attached hydrogens (tertiary/aromatic N) is 1.